The van der Waals surface area contributed by atoms with Crippen LogP contribution < -0.4 is 0 Å². The van der Waals surface area contributed by atoms with Crippen molar-refractivity contribution >= 4 is 12.6 Å². The summed E-state index contributed by atoms with van der Waals surface area (Å²) in [6.07, 6.45) is 8.85. The molecule has 1 fully saturated rings. The molecule has 1 aliphatic heterocycles. The van der Waals surface area contributed by atoms with Crippen LogP contribution in [0.2, 0.25) is 0 Å². The molecule has 0 N–H and O–H groups in total. The molecule has 0 spiro atoms. The van der Waals surface area contributed by atoms with Crippen LogP contribution in [0.1, 0.15) is 57.1 Å². The molecule has 1 heterocycles. The van der Waals surface area contributed by atoms with Gasteiger partial charge in [0.15, 0.2) is 0 Å². The summed E-state index contributed by atoms with van der Waals surface area (Å²) < 4.78 is 0. The van der Waals surface area contributed by atoms with Crippen molar-refractivity contribution in [3.05, 3.63) is 35.4 Å². The van der Waals surface area contributed by atoms with Crippen molar-refractivity contribution in [2.75, 3.05) is 26.2 Å². The molecule has 1 aromatic rings. The van der Waals surface area contributed by atoms with E-state index in [9.17, 15) is 0 Å². The molecule has 0 aliphatic carbocycles. The molecule has 1 saturated heterocycles. The molecule has 25 heavy (non-hydrogen) atoms. The van der Waals surface area contributed by atoms with Gasteiger partial charge in [-0.15, -0.1) is 0 Å². The van der Waals surface area contributed by atoms with Crippen LogP contribution in [-0.4, -0.2) is 43.6 Å². The van der Waals surface area contributed by atoms with E-state index in [-0.39, 0.29) is 0 Å². The van der Waals surface area contributed by atoms with Crippen LogP contribution in [0.3, 0.4) is 0 Å². The number of likely N-dealkylation sites (tertiary alicyclic amines) is 1. The van der Waals surface area contributed by atoms with E-state index >= 15 is 0 Å². The average Bonchev–Trinajstić information content (AvgIpc) is 2.66. The second kappa shape index (κ2) is 11.1. The zero-order chi connectivity index (χ0) is 17.9. The van der Waals surface area contributed by atoms with E-state index in [0.29, 0.717) is 6.54 Å². The summed E-state index contributed by atoms with van der Waals surface area (Å²) in [5.41, 5.74) is 2.98. The summed E-state index contributed by atoms with van der Waals surface area (Å²) in [5, 5.41) is 0. The second-order valence-electron chi connectivity index (χ2n) is 7.16. The van der Waals surface area contributed by atoms with Crippen LogP contribution >= 0.6 is 0 Å². The first-order valence-corrected chi connectivity index (χ1v) is 10.0. The Hall–Kier alpha value is -1.64. The summed E-state index contributed by atoms with van der Waals surface area (Å²) in [5.74, 6) is 1.97. The maximum absolute atomic E-state index is 4.59. The van der Waals surface area contributed by atoms with Gasteiger partial charge < -0.3 is 4.90 Å². The van der Waals surface area contributed by atoms with Crippen molar-refractivity contribution in [1.29, 1.82) is 0 Å². The fourth-order valence-corrected chi connectivity index (χ4v) is 3.64. The molecular formula is C22H35N3. The average molecular weight is 342 g/mol. The fourth-order valence-electron chi connectivity index (χ4n) is 3.64. The van der Waals surface area contributed by atoms with Crippen molar-refractivity contribution < 1.29 is 0 Å². The van der Waals surface area contributed by atoms with Crippen molar-refractivity contribution in [1.82, 2.24) is 4.90 Å². The molecule has 1 aliphatic rings. The minimum atomic E-state index is 0.656. The number of hydrogen-bond donors (Lipinski definition) is 0. The quantitative estimate of drug-likeness (QED) is 0.469. The molecule has 0 unspecified atom stereocenters. The predicted octanol–water partition coefficient (Wildman–Crippen LogP) is 4.79. The number of benzene rings is 1. The number of hydrogen-bond acceptors (Lipinski definition) is 2. The van der Waals surface area contributed by atoms with Crippen LogP contribution in [0, 0.1) is 5.92 Å². The number of aryl methyl sites for hydroxylation is 2. The van der Waals surface area contributed by atoms with E-state index in [1.54, 1.807) is 0 Å². The Bertz CT molecular complexity index is 525. The van der Waals surface area contributed by atoms with E-state index in [4.69, 9.17) is 0 Å². The Balaban J connectivity index is 1.74. The molecule has 0 atom stereocenters. The minimum absolute atomic E-state index is 0.656. The normalized spacial score (nSPS) is 16.2. The SMILES string of the molecule is C=NCC(=NCC)N1CCC(CCc2ccc(CCCC)cc2)CC1. The molecule has 0 aromatic heterocycles. The summed E-state index contributed by atoms with van der Waals surface area (Å²) in [6.45, 7) is 11.7. The first-order chi connectivity index (χ1) is 12.3. The fraction of sp³-hybridized carbons (Fsp3) is 0.636. The van der Waals surface area contributed by atoms with Crippen molar-refractivity contribution in [3.63, 3.8) is 0 Å². The van der Waals surface area contributed by atoms with E-state index in [2.05, 4.69) is 59.7 Å². The Morgan fingerprint density at radius 2 is 1.72 bits per heavy atom. The van der Waals surface area contributed by atoms with Crippen molar-refractivity contribution in [2.45, 2.75) is 58.8 Å². The largest absolute Gasteiger partial charge is 0.359 e. The third-order valence-electron chi connectivity index (χ3n) is 5.26. The molecule has 0 amide bonds. The van der Waals surface area contributed by atoms with Gasteiger partial charge in [-0.3, -0.25) is 9.98 Å². The molecule has 138 valence electrons. The molecule has 3 nitrogen and oxygen atoms in total. The maximum Gasteiger partial charge on any atom is 0.121 e. The van der Waals surface area contributed by atoms with Gasteiger partial charge in [-0.05, 0) is 69.2 Å². The van der Waals surface area contributed by atoms with Crippen molar-refractivity contribution in [3.8, 4) is 0 Å². The highest BCUT2D eigenvalue weighted by molar-refractivity contribution is 5.84. The van der Waals surface area contributed by atoms with Gasteiger partial charge in [-0.1, -0.05) is 37.6 Å². The highest BCUT2D eigenvalue weighted by Gasteiger charge is 2.21. The lowest BCUT2D eigenvalue weighted by Crippen LogP contribution is -2.40. The van der Waals surface area contributed by atoms with Gasteiger partial charge in [0, 0.05) is 19.6 Å². The van der Waals surface area contributed by atoms with Crippen LogP contribution in [0.25, 0.3) is 0 Å². The predicted molar refractivity (Wildman–Crippen MR) is 110 cm³/mol. The smallest absolute Gasteiger partial charge is 0.121 e. The van der Waals surface area contributed by atoms with Gasteiger partial charge in [-0.2, -0.15) is 0 Å². The topological polar surface area (TPSA) is 28.0 Å². The van der Waals surface area contributed by atoms with E-state index in [1.807, 2.05) is 0 Å². The molecule has 2 rings (SSSR count). The Labute approximate surface area is 154 Å². The zero-order valence-corrected chi connectivity index (χ0v) is 16.2. The standard InChI is InChI=1S/C22H35N3/c1-4-6-7-19-8-10-20(11-9-19)12-13-21-14-16-25(17-15-21)22(18-23-3)24-5-2/h8-11,21H,3-7,12-18H2,1-2H3. The van der Waals surface area contributed by atoms with Gasteiger partial charge in [0.1, 0.15) is 5.84 Å². The van der Waals surface area contributed by atoms with Crippen LogP contribution in [0.5, 0.6) is 0 Å². The highest BCUT2D eigenvalue weighted by Crippen LogP contribution is 2.23. The lowest BCUT2D eigenvalue weighted by Gasteiger charge is -2.34. The first-order valence-electron chi connectivity index (χ1n) is 10.0. The third-order valence-corrected chi connectivity index (χ3v) is 5.26. The summed E-state index contributed by atoms with van der Waals surface area (Å²) in [7, 11) is 0. The monoisotopic (exact) mass is 341 g/mol. The van der Waals surface area contributed by atoms with Crippen LogP contribution in [-0.2, 0) is 12.8 Å². The molecule has 0 bridgehead atoms. The number of rotatable bonds is 9. The Morgan fingerprint density at radius 1 is 1.08 bits per heavy atom. The third kappa shape index (κ3) is 6.64. The molecule has 0 saturated carbocycles. The van der Waals surface area contributed by atoms with E-state index in [1.165, 1.54) is 56.1 Å². The summed E-state index contributed by atoms with van der Waals surface area (Å²) >= 11 is 0. The first kappa shape index (κ1) is 19.7. The van der Waals surface area contributed by atoms with Gasteiger partial charge in [0.05, 0.1) is 6.54 Å². The minimum Gasteiger partial charge on any atom is -0.359 e. The van der Waals surface area contributed by atoms with E-state index in [0.717, 1.165) is 31.4 Å². The van der Waals surface area contributed by atoms with Gasteiger partial charge in [0.2, 0.25) is 0 Å². The number of piperidine rings is 1. The summed E-state index contributed by atoms with van der Waals surface area (Å²) in [4.78, 5) is 11.0. The van der Waals surface area contributed by atoms with Crippen LogP contribution in [0.15, 0.2) is 34.3 Å². The molecule has 3 heteroatoms. The molecule has 1 aromatic carbocycles. The lowest BCUT2D eigenvalue weighted by molar-refractivity contribution is 0.254. The van der Waals surface area contributed by atoms with Gasteiger partial charge >= 0.3 is 0 Å². The van der Waals surface area contributed by atoms with Gasteiger partial charge in [0.25, 0.3) is 0 Å². The lowest BCUT2D eigenvalue weighted by atomic mass is 9.90. The molecular weight excluding hydrogens is 306 g/mol. The number of amidine groups is 1. The van der Waals surface area contributed by atoms with E-state index < -0.39 is 0 Å². The second-order valence-corrected chi connectivity index (χ2v) is 7.16. The number of unbranched alkanes of at least 4 members (excludes halogenated alkanes) is 1. The Morgan fingerprint density at radius 3 is 2.28 bits per heavy atom. The Kier molecular flexibility index (Phi) is 8.71. The highest BCUT2D eigenvalue weighted by atomic mass is 15.2. The number of aliphatic imine (C=N–C) groups is 2. The zero-order valence-electron chi connectivity index (χ0n) is 16.2. The van der Waals surface area contributed by atoms with Crippen molar-refractivity contribution in [2.24, 2.45) is 15.9 Å². The van der Waals surface area contributed by atoms with Crippen LogP contribution in [0.4, 0.5) is 0 Å². The van der Waals surface area contributed by atoms with Gasteiger partial charge in [-0.25, -0.2) is 0 Å². The number of nitrogens with zero attached hydrogens (tertiary/aromatic N) is 3. The molecule has 0 radical (unpaired) electrons. The maximum atomic E-state index is 4.59. The summed E-state index contributed by atoms with van der Waals surface area (Å²) in [6, 6.07) is 9.32.